The Hall–Kier alpha value is -0.530. The quantitative estimate of drug-likeness (QED) is 0.609. The fourth-order valence-electron chi connectivity index (χ4n) is 1.76. The summed E-state index contributed by atoms with van der Waals surface area (Å²) in [5.74, 6) is 0.973. The standard InChI is InChI=1S/C8H13NO/c1-6(10)9-8(4-5-8)7-2-3-7/h7H,2-5H2,1H3,(H,9,10). The lowest BCUT2D eigenvalue weighted by atomic mass is 10.1. The first-order valence-corrected chi connectivity index (χ1v) is 4.02. The van der Waals surface area contributed by atoms with E-state index in [1.165, 1.54) is 25.7 Å². The third kappa shape index (κ3) is 0.917. The minimum Gasteiger partial charge on any atom is -0.351 e. The molecule has 0 unspecified atom stereocenters. The Morgan fingerprint density at radius 1 is 1.50 bits per heavy atom. The summed E-state index contributed by atoms with van der Waals surface area (Å²) in [4.78, 5) is 10.7. The maximum Gasteiger partial charge on any atom is 0.217 e. The van der Waals surface area contributed by atoms with Gasteiger partial charge in [-0.3, -0.25) is 4.79 Å². The molecule has 2 fully saturated rings. The molecule has 0 radical (unpaired) electrons. The molecule has 2 heteroatoms. The number of hydrogen-bond donors (Lipinski definition) is 1. The maximum absolute atomic E-state index is 10.7. The van der Waals surface area contributed by atoms with E-state index in [0.717, 1.165) is 5.92 Å². The number of carbonyl (C=O) groups is 1. The second-order valence-electron chi connectivity index (χ2n) is 3.61. The van der Waals surface area contributed by atoms with Crippen LogP contribution in [0.5, 0.6) is 0 Å². The summed E-state index contributed by atoms with van der Waals surface area (Å²) in [6, 6.07) is 0. The van der Waals surface area contributed by atoms with Crippen molar-refractivity contribution in [3.63, 3.8) is 0 Å². The SMILES string of the molecule is CC(=O)NC1(C2CC2)CC1. The van der Waals surface area contributed by atoms with Gasteiger partial charge in [0.25, 0.3) is 0 Å². The average molecular weight is 139 g/mol. The Kier molecular flexibility index (Phi) is 1.08. The van der Waals surface area contributed by atoms with Crippen molar-refractivity contribution >= 4 is 5.91 Å². The van der Waals surface area contributed by atoms with E-state index in [4.69, 9.17) is 0 Å². The van der Waals surface area contributed by atoms with Crippen LogP contribution in [-0.2, 0) is 4.79 Å². The fourth-order valence-corrected chi connectivity index (χ4v) is 1.76. The number of hydrogen-bond acceptors (Lipinski definition) is 1. The monoisotopic (exact) mass is 139 g/mol. The molecule has 1 amide bonds. The zero-order valence-electron chi connectivity index (χ0n) is 6.31. The Labute approximate surface area is 61.0 Å². The van der Waals surface area contributed by atoms with Gasteiger partial charge in [0, 0.05) is 12.5 Å². The molecule has 1 N–H and O–H groups in total. The topological polar surface area (TPSA) is 29.1 Å². The number of rotatable bonds is 2. The summed E-state index contributed by atoms with van der Waals surface area (Å²) in [5.41, 5.74) is 0.284. The van der Waals surface area contributed by atoms with Gasteiger partial charge >= 0.3 is 0 Å². The Balaban J connectivity index is 1.94. The van der Waals surface area contributed by atoms with E-state index in [-0.39, 0.29) is 11.4 Å². The lowest BCUT2D eigenvalue weighted by molar-refractivity contribution is -0.120. The molecule has 2 aliphatic carbocycles. The molecular formula is C8H13NO. The molecule has 0 atom stereocenters. The molecule has 2 rings (SSSR count). The molecular weight excluding hydrogens is 126 g/mol. The zero-order valence-corrected chi connectivity index (χ0v) is 6.31. The molecule has 0 aromatic carbocycles. The van der Waals surface area contributed by atoms with E-state index in [0.29, 0.717) is 0 Å². The van der Waals surface area contributed by atoms with E-state index < -0.39 is 0 Å². The van der Waals surface area contributed by atoms with Gasteiger partial charge in [-0.05, 0) is 31.6 Å². The van der Waals surface area contributed by atoms with Gasteiger partial charge in [-0.25, -0.2) is 0 Å². The van der Waals surface area contributed by atoms with E-state index >= 15 is 0 Å². The molecule has 0 aromatic heterocycles. The first-order chi connectivity index (χ1) is 4.73. The van der Waals surface area contributed by atoms with Crippen LogP contribution in [0.3, 0.4) is 0 Å². The number of amides is 1. The number of carbonyl (C=O) groups excluding carboxylic acids is 1. The Morgan fingerprint density at radius 2 is 2.10 bits per heavy atom. The molecule has 0 aliphatic heterocycles. The van der Waals surface area contributed by atoms with Crippen LogP contribution in [0, 0.1) is 5.92 Å². The zero-order chi connectivity index (χ0) is 7.19. The highest BCUT2D eigenvalue weighted by Crippen LogP contribution is 2.53. The van der Waals surface area contributed by atoms with Crippen LogP contribution in [0.4, 0.5) is 0 Å². The van der Waals surface area contributed by atoms with Crippen molar-refractivity contribution in [1.82, 2.24) is 5.32 Å². The van der Waals surface area contributed by atoms with E-state index in [2.05, 4.69) is 5.32 Å². The molecule has 0 aromatic rings. The van der Waals surface area contributed by atoms with Crippen LogP contribution < -0.4 is 5.32 Å². The van der Waals surface area contributed by atoms with Crippen molar-refractivity contribution in [3.8, 4) is 0 Å². The molecule has 0 saturated heterocycles. The fraction of sp³-hybridized carbons (Fsp3) is 0.875. The van der Waals surface area contributed by atoms with E-state index in [9.17, 15) is 4.79 Å². The minimum absolute atomic E-state index is 0.143. The van der Waals surface area contributed by atoms with Crippen molar-refractivity contribution in [3.05, 3.63) is 0 Å². The summed E-state index contributed by atoms with van der Waals surface area (Å²) in [5, 5.41) is 3.05. The Bertz CT molecular complexity index is 168. The van der Waals surface area contributed by atoms with Gasteiger partial charge in [-0.2, -0.15) is 0 Å². The molecule has 2 saturated carbocycles. The van der Waals surface area contributed by atoms with Crippen molar-refractivity contribution < 1.29 is 4.79 Å². The minimum atomic E-state index is 0.143. The van der Waals surface area contributed by atoms with Gasteiger partial charge in [-0.1, -0.05) is 0 Å². The predicted octanol–water partition coefficient (Wildman–Crippen LogP) is 1.07. The molecule has 10 heavy (non-hydrogen) atoms. The van der Waals surface area contributed by atoms with Gasteiger partial charge in [0.05, 0.1) is 0 Å². The average Bonchev–Trinajstić information content (AvgIpc) is 2.55. The van der Waals surface area contributed by atoms with Gasteiger partial charge in [0.15, 0.2) is 0 Å². The molecule has 0 heterocycles. The first-order valence-electron chi connectivity index (χ1n) is 4.02. The van der Waals surface area contributed by atoms with Gasteiger partial charge in [0.1, 0.15) is 0 Å². The smallest absolute Gasteiger partial charge is 0.217 e. The second-order valence-corrected chi connectivity index (χ2v) is 3.61. The van der Waals surface area contributed by atoms with Crippen molar-refractivity contribution in [2.45, 2.75) is 38.1 Å². The largest absolute Gasteiger partial charge is 0.351 e. The predicted molar refractivity (Wildman–Crippen MR) is 38.5 cm³/mol. The second kappa shape index (κ2) is 1.74. The normalized spacial score (nSPS) is 27.7. The van der Waals surface area contributed by atoms with Crippen molar-refractivity contribution in [1.29, 1.82) is 0 Å². The van der Waals surface area contributed by atoms with Crippen LogP contribution >= 0.6 is 0 Å². The third-order valence-electron chi connectivity index (χ3n) is 2.57. The first kappa shape index (κ1) is 6.20. The van der Waals surface area contributed by atoms with Crippen molar-refractivity contribution in [2.75, 3.05) is 0 Å². The van der Waals surface area contributed by atoms with Crippen molar-refractivity contribution in [2.24, 2.45) is 5.92 Å². The van der Waals surface area contributed by atoms with Crippen LogP contribution in [0.1, 0.15) is 32.6 Å². The Morgan fingerprint density at radius 3 is 2.40 bits per heavy atom. The summed E-state index contributed by atoms with van der Waals surface area (Å²) in [6.45, 7) is 1.61. The maximum atomic E-state index is 10.7. The molecule has 0 spiro atoms. The van der Waals surface area contributed by atoms with E-state index in [1.807, 2.05) is 0 Å². The van der Waals surface area contributed by atoms with Crippen LogP contribution in [-0.4, -0.2) is 11.4 Å². The highest BCUT2D eigenvalue weighted by Gasteiger charge is 2.54. The highest BCUT2D eigenvalue weighted by molar-refractivity contribution is 5.74. The summed E-state index contributed by atoms with van der Waals surface area (Å²) in [7, 11) is 0. The van der Waals surface area contributed by atoms with Crippen LogP contribution in [0.2, 0.25) is 0 Å². The van der Waals surface area contributed by atoms with Gasteiger partial charge in [-0.15, -0.1) is 0 Å². The molecule has 2 aliphatic rings. The lowest BCUT2D eigenvalue weighted by Gasteiger charge is -2.14. The third-order valence-corrected chi connectivity index (χ3v) is 2.57. The van der Waals surface area contributed by atoms with Crippen LogP contribution in [0.25, 0.3) is 0 Å². The summed E-state index contributed by atoms with van der Waals surface area (Å²) in [6.07, 6.45) is 5.11. The molecule has 56 valence electrons. The van der Waals surface area contributed by atoms with Crippen LogP contribution in [0.15, 0.2) is 0 Å². The summed E-state index contributed by atoms with van der Waals surface area (Å²) >= 11 is 0. The number of nitrogens with one attached hydrogen (secondary N) is 1. The molecule has 2 nitrogen and oxygen atoms in total. The highest BCUT2D eigenvalue weighted by atomic mass is 16.1. The summed E-state index contributed by atoms with van der Waals surface area (Å²) < 4.78 is 0. The lowest BCUT2D eigenvalue weighted by Crippen LogP contribution is -2.36. The van der Waals surface area contributed by atoms with E-state index in [1.54, 1.807) is 6.92 Å². The van der Waals surface area contributed by atoms with Gasteiger partial charge in [0.2, 0.25) is 5.91 Å². The van der Waals surface area contributed by atoms with Gasteiger partial charge < -0.3 is 5.32 Å². The molecule has 0 bridgehead atoms.